The SMILES string of the molecule is CCCCc1nc(C)n(-c2nccs2)c(=O)c1Cc1ccc(-c2ccccc2-c2nn[nH]n2)cc1.CCCCc1nc(C)n(-c2nccs2)c(=O)c1Cc1ccc(-c2ccccc2C#N)cc1. The molecular weight excluding hydrogens is 875 g/mol. The van der Waals surface area contributed by atoms with Gasteiger partial charge in [0.1, 0.15) is 11.6 Å². The van der Waals surface area contributed by atoms with Crippen LogP contribution in [0.25, 0.3) is 43.9 Å². The highest BCUT2D eigenvalue weighted by atomic mass is 32.1. The quantitative estimate of drug-likeness (QED) is 0.104. The van der Waals surface area contributed by atoms with E-state index in [2.05, 4.69) is 74.8 Å². The van der Waals surface area contributed by atoms with Crippen LogP contribution < -0.4 is 11.1 Å². The smallest absolute Gasteiger partial charge is 0.263 e. The Kier molecular flexibility index (Phi) is 14.9. The Morgan fingerprint density at radius 3 is 1.55 bits per heavy atom. The number of nitrogens with zero attached hydrogens (tertiary/aromatic N) is 10. The number of rotatable bonds is 15. The Hall–Kier alpha value is -7.54. The molecule has 336 valence electrons. The fourth-order valence-corrected chi connectivity index (χ4v) is 9.42. The third kappa shape index (κ3) is 10.5. The second kappa shape index (κ2) is 21.6. The lowest BCUT2D eigenvalue weighted by Crippen LogP contribution is -2.28. The Morgan fingerprint density at radius 2 is 1.10 bits per heavy atom. The average Bonchev–Trinajstić information content (AvgIpc) is 4.20. The largest absolute Gasteiger partial charge is 0.268 e. The summed E-state index contributed by atoms with van der Waals surface area (Å²) in [6.07, 6.45) is 10.1. The van der Waals surface area contributed by atoms with E-state index >= 15 is 0 Å². The molecule has 5 heterocycles. The molecule has 15 heteroatoms. The molecule has 0 aliphatic rings. The molecule has 13 nitrogen and oxygen atoms in total. The molecule has 0 spiro atoms. The summed E-state index contributed by atoms with van der Waals surface area (Å²) >= 11 is 2.87. The van der Waals surface area contributed by atoms with Crippen LogP contribution in [0, 0.1) is 25.2 Å². The van der Waals surface area contributed by atoms with Crippen LogP contribution in [0.4, 0.5) is 0 Å². The zero-order valence-corrected chi connectivity index (χ0v) is 39.4. The molecule has 0 atom stereocenters. The molecule has 0 bridgehead atoms. The van der Waals surface area contributed by atoms with Gasteiger partial charge in [-0.2, -0.15) is 10.5 Å². The highest BCUT2D eigenvalue weighted by Gasteiger charge is 2.20. The van der Waals surface area contributed by atoms with Crippen LogP contribution in [0.1, 0.15) is 90.4 Å². The summed E-state index contributed by atoms with van der Waals surface area (Å²) in [4.78, 5) is 45.4. The minimum absolute atomic E-state index is 0.0370. The van der Waals surface area contributed by atoms with E-state index in [0.29, 0.717) is 46.1 Å². The number of hydrogen-bond acceptors (Lipinski definition) is 12. The number of thiazole rings is 2. The van der Waals surface area contributed by atoms with Gasteiger partial charge in [-0.3, -0.25) is 9.59 Å². The number of tetrazole rings is 1. The fourth-order valence-electron chi connectivity index (χ4n) is 8.05. The minimum atomic E-state index is -0.0440. The van der Waals surface area contributed by atoms with Crippen LogP contribution in [-0.4, -0.2) is 49.7 Å². The summed E-state index contributed by atoms with van der Waals surface area (Å²) in [6, 6.07) is 34.2. The van der Waals surface area contributed by atoms with Gasteiger partial charge in [-0.15, -0.1) is 32.9 Å². The monoisotopic (exact) mass is 923 g/mol. The molecule has 0 saturated carbocycles. The number of unbranched alkanes of at least 4 members (excludes halogenated alkanes) is 2. The maximum atomic E-state index is 13.6. The van der Waals surface area contributed by atoms with Crippen LogP contribution in [0.5, 0.6) is 0 Å². The Bertz CT molecular complexity index is 3230. The van der Waals surface area contributed by atoms with Crippen molar-refractivity contribution in [2.75, 3.05) is 0 Å². The molecule has 0 unspecified atom stereocenters. The van der Waals surface area contributed by atoms with Crippen LogP contribution >= 0.6 is 22.7 Å². The summed E-state index contributed by atoms with van der Waals surface area (Å²) < 4.78 is 3.25. The molecule has 9 rings (SSSR count). The van der Waals surface area contributed by atoms with Gasteiger partial charge in [0.2, 0.25) is 5.82 Å². The predicted molar refractivity (Wildman–Crippen MR) is 265 cm³/mol. The normalized spacial score (nSPS) is 11.0. The van der Waals surface area contributed by atoms with Crippen LogP contribution in [-0.2, 0) is 25.7 Å². The first kappa shape index (κ1) is 46.0. The molecule has 0 saturated heterocycles. The van der Waals surface area contributed by atoms with E-state index in [9.17, 15) is 14.9 Å². The first-order valence-corrected chi connectivity index (χ1v) is 24.1. The van der Waals surface area contributed by atoms with Crippen molar-refractivity contribution in [1.82, 2.24) is 49.7 Å². The zero-order valence-electron chi connectivity index (χ0n) is 37.8. The highest BCUT2D eigenvalue weighted by molar-refractivity contribution is 7.12. The van der Waals surface area contributed by atoms with Gasteiger partial charge in [0.25, 0.3) is 11.1 Å². The van der Waals surface area contributed by atoms with Crippen molar-refractivity contribution in [1.29, 1.82) is 5.26 Å². The lowest BCUT2D eigenvalue weighted by molar-refractivity contribution is 0.732. The highest BCUT2D eigenvalue weighted by Crippen LogP contribution is 2.30. The summed E-state index contributed by atoms with van der Waals surface area (Å²) in [5, 5.41) is 28.9. The van der Waals surface area contributed by atoms with Gasteiger partial charge < -0.3 is 0 Å². The van der Waals surface area contributed by atoms with Gasteiger partial charge in [-0.25, -0.2) is 29.1 Å². The molecule has 0 aliphatic carbocycles. The van der Waals surface area contributed by atoms with Crippen LogP contribution in [0.15, 0.2) is 130 Å². The summed E-state index contributed by atoms with van der Waals surface area (Å²) in [7, 11) is 0. The van der Waals surface area contributed by atoms with Crippen molar-refractivity contribution in [2.24, 2.45) is 0 Å². The number of nitriles is 1. The van der Waals surface area contributed by atoms with Gasteiger partial charge >= 0.3 is 0 Å². The Balaban J connectivity index is 0.000000182. The van der Waals surface area contributed by atoms with Gasteiger partial charge in [0.05, 0.1) is 23.0 Å². The second-order valence-electron chi connectivity index (χ2n) is 16.0. The van der Waals surface area contributed by atoms with E-state index < -0.39 is 0 Å². The Morgan fingerprint density at radius 1 is 0.627 bits per heavy atom. The average molecular weight is 924 g/mol. The number of nitrogens with one attached hydrogen (secondary N) is 1. The van der Waals surface area contributed by atoms with Gasteiger partial charge in [0.15, 0.2) is 10.3 Å². The molecule has 0 radical (unpaired) electrons. The van der Waals surface area contributed by atoms with Gasteiger partial charge in [-0.05, 0) is 84.2 Å². The molecule has 1 N–H and O–H groups in total. The predicted octanol–water partition coefficient (Wildman–Crippen LogP) is 10.2. The van der Waals surface area contributed by atoms with E-state index in [1.165, 1.54) is 22.7 Å². The van der Waals surface area contributed by atoms with Crippen molar-refractivity contribution in [3.8, 4) is 50.0 Å². The third-order valence-corrected chi connectivity index (χ3v) is 13.0. The zero-order chi connectivity index (χ0) is 46.7. The number of aromatic amines is 1. The standard InChI is InChI=1S/C26H25N7OS.C26H24N4OS/c1-3-4-9-23-22(25(34)33(17(2)28-23)26-27-14-15-35-26)16-18-10-12-19(13-11-18)20-7-5-6-8-21(20)24-29-31-32-30-24;1-3-4-9-24-23(25(31)30(18(2)29-24)26-28-14-15-32-26)16-19-10-12-20(13-11-19)22-8-6-5-7-21(22)17-27/h5-8,10-15H,3-4,9,16H2,1-2H3,(H,29,30,31,32);5-8,10-15H,3-4,9,16H2,1-2H3. The molecule has 4 aromatic carbocycles. The van der Waals surface area contributed by atoms with E-state index in [0.717, 1.165) is 100.0 Å². The fraction of sp³-hybridized carbons (Fsp3) is 0.231. The number of aryl methyl sites for hydroxylation is 4. The second-order valence-corrected chi connectivity index (χ2v) is 17.7. The van der Waals surface area contributed by atoms with Gasteiger partial charge in [-0.1, -0.05) is 118 Å². The van der Waals surface area contributed by atoms with E-state index in [-0.39, 0.29) is 11.1 Å². The van der Waals surface area contributed by atoms with Crippen LogP contribution in [0.2, 0.25) is 0 Å². The molecule has 0 amide bonds. The number of H-pyrrole nitrogens is 1. The maximum Gasteiger partial charge on any atom is 0.263 e. The number of hydrogen-bond donors (Lipinski definition) is 1. The number of benzene rings is 4. The molecule has 0 aliphatic heterocycles. The van der Waals surface area contributed by atoms with E-state index in [4.69, 9.17) is 9.97 Å². The topological polar surface area (TPSA) is 174 Å². The lowest BCUT2D eigenvalue weighted by Gasteiger charge is -2.14. The van der Waals surface area contributed by atoms with E-state index in [1.807, 2.05) is 97.4 Å². The summed E-state index contributed by atoms with van der Waals surface area (Å²) in [5.74, 6) is 1.90. The third-order valence-electron chi connectivity index (χ3n) is 11.5. The molecule has 0 fully saturated rings. The number of aromatic nitrogens is 10. The summed E-state index contributed by atoms with van der Waals surface area (Å²) in [6.45, 7) is 8.02. The first-order valence-electron chi connectivity index (χ1n) is 22.3. The summed E-state index contributed by atoms with van der Waals surface area (Å²) in [5.41, 5.74) is 10.7. The first-order chi connectivity index (χ1) is 32.8. The Labute approximate surface area is 396 Å². The van der Waals surface area contributed by atoms with Crippen LogP contribution in [0.3, 0.4) is 0 Å². The minimum Gasteiger partial charge on any atom is -0.268 e. The van der Waals surface area contributed by atoms with Crippen molar-refractivity contribution in [3.05, 3.63) is 192 Å². The molecule has 9 aromatic rings. The molecular formula is C52H49N11O2S2. The van der Waals surface area contributed by atoms with E-state index in [1.54, 1.807) is 21.5 Å². The van der Waals surface area contributed by atoms with Crippen molar-refractivity contribution in [3.63, 3.8) is 0 Å². The van der Waals surface area contributed by atoms with Crippen molar-refractivity contribution in [2.45, 2.75) is 79.1 Å². The maximum absolute atomic E-state index is 13.6. The van der Waals surface area contributed by atoms with Crippen molar-refractivity contribution < 1.29 is 0 Å². The van der Waals surface area contributed by atoms with Crippen molar-refractivity contribution >= 4 is 22.7 Å². The lowest BCUT2D eigenvalue weighted by atomic mass is 9.96. The molecule has 5 aromatic heterocycles. The van der Waals surface area contributed by atoms with Gasteiger partial charge in [0, 0.05) is 52.7 Å². The molecule has 67 heavy (non-hydrogen) atoms.